The Morgan fingerprint density at radius 3 is 2.95 bits per heavy atom. The average Bonchev–Trinajstić information content (AvgIpc) is 2.82. The number of morpholine rings is 1. The minimum atomic E-state index is -0.182. The standard InChI is InChI=1S/C14H21N5O/c1-10-7-19(9-14(2,3)20-10)13-12-16-5-6-18(12)8-11(15-4)17-13/h5-6,8,10,15H,7,9H2,1-4H3. The number of aromatic nitrogens is 3. The van der Waals surface area contributed by atoms with Gasteiger partial charge in [-0.2, -0.15) is 0 Å². The van der Waals surface area contributed by atoms with Crippen LogP contribution in [0.4, 0.5) is 11.6 Å². The monoisotopic (exact) mass is 275 g/mol. The smallest absolute Gasteiger partial charge is 0.180 e. The number of hydrogen-bond acceptors (Lipinski definition) is 5. The Bertz CT molecular complexity index is 621. The minimum Gasteiger partial charge on any atom is -0.372 e. The van der Waals surface area contributed by atoms with Crippen molar-refractivity contribution in [3.63, 3.8) is 0 Å². The van der Waals surface area contributed by atoms with Crippen LogP contribution in [-0.2, 0) is 4.74 Å². The van der Waals surface area contributed by atoms with Crippen LogP contribution in [0.5, 0.6) is 0 Å². The molecule has 0 amide bonds. The summed E-state index contributed by atoms with van der Waals surface area (Å²) in [6.45, 7) is 7.95. The van der Waals surface area contributed by atoms with Crippen LogP contribution in [0.3, 0.4) is 0 Å². The fraction of sp³-hybridized carbons (Fsp3) is 0.571. The van der Waals surface area contributed by atoms with Gasteiger partial charge in [-0.1, -0.05) is 0 Å². The summed E-state index contributed by atoms with van der Waals surface area (Å²) in [5.74, 6) is 1.74. The number of fused-ring (bicyclic) bond motifs is 1. The fourth-order valence-corrected chi connectivity index (χ4v) is 2.86. The third-order valence-electron chi connectivity index (χ3n) is 3.48. The molecule has 20 heavy (non-hydrogen) atoms. The van der Waals surface area contributed by atoms with E-state index in [9.17, 15) is 0 Å². The normalized spacial score (nSPS) is 22.2. The molecule has 0 aliphatic carbocycles. The highest BCUT2D eigenvalue weighted by Crippen LogP contribution is 2.28. The van der Waals surface area contributed by atoms with Crippen molar-refractivity contribution in [2.45, 2.75) is 32.5 Å². The van der Waals surface area contributed by atoms with E-state index in [1.165, 1.54) is 0 Å². The summed E-state index contributed by atoms with van der Waals surface area (Å²) in [6, 6.07) is 0. The summed E-state index contributed by atoms with van der Waals surface area (Å²) in [5.41, 5.74) is 0.701. The zero-order chi connectivity index (χ0) is 14.3. The lowest BCUT2D eigenvalue weighted by atomic mass is 10.1. The number of anilines is 2. The van der Waals surface area contributed by atoms with Gasteiger partial charge in [-0.15, -0.1) is 0 Å². The Morgan fingerprint density at radius 1 is 1.45 bits per heavy atom. The molecule has 108 valence electrons. The van der Waals surface area contributed by atoms with E-state index in [0.717, 1.165) is 30.4 Å². The molecule has 6 heteroatoms. The molecule has 1 N–H and O–H groups in total. The highest BCUT2D eigenvalue weighted by Gasteiger charge is 2.33. The predicted octanol–water partition coefficient (Wildman–Crippen LogP) is 1.77. The van der Waals surface area contributed by atoms with E-state index in [0.29, 0.717) is 0 Å². The van der Waals surface area contributed by atoms with E-state index < -0.39 is 0 Å². The lowest BCUT2D eigenvalue weighted by Crippen LogP contribution is -2.52. The number of imidazole rings is 1. The second kappa shape index (κ2) is 4.63. The summed E-state index contributed by atoms with van der Waals surface area (Å²) < 4.78 is 7.96. The highest BCUT2D eigenvalue weighted by molar-refractivity contribution is 5.67. The van der Waals surface area contributed by atoms with Crippen molar-refractivity contribution in [2.75, 3.05) is 30.4 Å². The van der Waals surface area contributed by atoms with Crippen molar-refractivity contribution in [2.24, 2.45) is 0 Å². The summed E-state index contributed by atoms with van der Waals surface area (Å²) >= 11 is 0. The molecule has 1 saturated heterocycles. The van der Waals surface area contributed by atoms with Gasteiger partial charge in [-0.05, 0) is 20.8 Å². The lowest BCUT2D eigenvalue weighted by molar-refractivity contribution is -0.0751. The molecule has 1 unspecified atom stereocenters. The first-order valence-corrected chi connectivity index (χ1v) is 6.93. The Kier molecular flexibility index (Phi) is 3.05. The van der Waals surface area contributed by atoms with Crippen LogP contribution in [-0.4, -0.2) is 46.2 Å². The maximum atomic E-state index is 5.96. The number of ether oxygens (including phenoxy) is 1. The molecule has 0 aromatic carbocycles. The van der Waals surface area contributed by atoms with Crippen LogP contribution in [0.15, 0.2) is 18.6 Å². The highest BCUT2D eigenvalue weighted by atomic mass is 16.5. The van der Waals surface area contributed by atoms with Crippen molar-refractivity contribution in [1.29, 1.82) is 0 Å². The molecule has 0 radical (unpaired) electrons. The molecule has 1 aliphatic rings. The number of hydrogen-bond donors (Lipinski definition) is 1. The van der Waals surface area contributed by atoms with Gasteiger partial charge in [-0.3, -0.25) is 0 Å². The second-order valence-corrected chi connectivity index (χ2v) is 5.93. The van der Waals surface area contributed by atoms with E-state index in [2.05, 4.69) is 36.0 Å². The van der Waals surface area contributed by atoms with E-state index in [1.807, 2.05) is 23.8 Å². The summed E-state index contributed by atoms with van der Waals surface area (Å²) in [7, 11) is 1.88. The molecule has 2 aromatic heterocycles. The molecule has 0 saturated carbocycles. The number of nitrogens with one attached hydrogen (secondary N) is 1. The van der Waals surface area contributed by atoms with E-state index in [1.54, 1.807) is 6.20 Å². The van der Waals surface area contributed by atoms with Gasteiger partial charge in [0.25, 0.3) is 0 Å². The van der Waals surface area contributed by atoms with Crippen LogP contribution in [0.2, 0.25) is 0 Å². The van der Waals surface area contributed by atoms with Crippen LogP contribution < -0.4 is 10.2 Å². The van der Waals surface area contributed by atoms with Gasteiger partial charge in [0.15, 0.2) is 11.5 Å². The van der Waals surface area contributed by atoms with Crippen molar-refractivity contribution in [1.82, 2.24) is 14.4 Å². The third kappa shape index (κ3) is 2.31. The van der Waals surface area contributed by atoms with E-state index >= 15 is 0 Å². The summed E-state index contributed by atoms with van der Waals surface area (Å²) in [6.07, 6.45) is 5.86. The topological polar surface area (TPSA) is 54.7 Å². The van der Waals surface area contributed by atoms with Gasteiger partial charge in [0.2, 0.25) is 0 Å². The van der Waals surface area contributed by atoms with Crippen LogP contribution in [0.25, 0.3) is 5.65 Å². The molecular weight excluding hydrogens is 254 g/mol. The van der Waals surface area contributed by atoms with Gasteiger partial charge >= 0.3 is 0 Å². The van der Waals surface area contributed by atoms with Crippen molar-refractivity contribution in [3.05, 3.63) is 18.6 Å². The van der Waals surface area contributed by atoms with Crippen molar-refractivity contribution < 1.29 is 4.74 Å². The first-order valence-electron chi connectivity index (χ1n) is 6.93. The molecule has 1 fully saturated rings. The minimum absolute atomic E-state index is 0.175. The quantitative estimate of drug-likeness (QED) is 0.905. The average molecular weight is 275 g/mol. The van der Waals surface area contributed by atoms with Crippen molar-refractivity contribution >= 4 is 17.3 Å². The van der Waals surface area contributed by atoms with Gasteiger partial charge in [0.05, 0.1) is 17.9 Å². The maximum absolute atomic E-state index is 5.96. The van der Waals surface area contributed by atoms with Crippen molar-refractivity contribution in [3.8, 4) is 0 Å². The predicted molar refractivity (Wildman–Crippen MR) is 79.4 cm³/mol. The number of nitrogens with zero attached hydrogens (tertiary/aromatic N) is 4. The van der Waals surface area contributed by atoms with E-state index in [4.69, 9.17) is 9.72 Å². The van der Waals surface area contributed by atoms with Gasteiger partial charge in [-0.25, -0.2) is 9.97 Å². The largest absolute Gasteiger partial charge is 0.372 e. The fourth-order valence-electron chi connectivity index (χ4n) is 2.86. The van der Waals surface area contributed by atoms with Gasteiger partial charge in [0.1, 0.15) is 5.82 Å². The van der Waals surface area contributed by atoms with Gasteiger partial charge in [0, 0.05) is 32.5 Å². The zero-order valence-corrected chi connectivity index (χ0v) is 12.4. The molecule has 0 bridgehead atoms. The molecule has 0 spiro atoms. The van der Waals surface area contributed by atoms with Crippen LogP contribution in [0.1, 0.15) is 20.8 Å². The molecule has 1 aliphatic heterocycles. The van der Waals surface area contributed by atoms with Crippen LogP contribution in [0, 0.1) is 0 Å². The van der Waals surface area contributed by atoms with E-state index in [-0.39, 0.29) is 11.7 Å². The third-order valence-corrected chi connectivity index (χ3v) is 3.48. The summed E-state index contributed by atoms with van der Waals surface area (Å²) in [5, 5.41) is 3.10. The Labute approximate surface area is 118 Å². The maximum Gasteiger partial charge on any atom is 0.180 e. The SMILES string of the molecule is CNc1cn2ccnc2c(N2CC(C)OC(C)(C)C2)n1. The molecule has 3 heterocycles. The molecule has 6 nitrogen and oxygen atoms in total. The molecular formula is C14H21N5O. The first-order chi connectivity index (χ1) is 9.48. The van der Waals surface area contributed by atoms with Crippen LogP contribution >= 0.6 is 0 Å². The Hall–Kier alpha value is -1.82. The lowest BCUT2D eigenvalue weighted by Gasteiger charge is -2.42. The Balaban J connectivity index is 2.06. The summed E-state index contributed by atoms with van der Waals surface area (Å²) in [4.78, 5) is 11.4. The number of rotatable bonds is 2. The Morgan fingerprint density at radius 2 is 2.25 bits per heavy atom. The molecule has 2 aromatic rings. The molecule has 3 rings (SSSR count). The zero-order valence-electron chi connectivity index (χ0n) is 12.4. The molecule has 1 atom stereocenters. The first kappa shape index (κ1) is 13.2. The second-order valence-electron chi connectivity index (χ2n) is 5.93. The van der Waals surface area contributed by atoms with Gasteiger partial charge < -0.3 is 19.4 Å².